The van der Waals surface area contributed by atoms with Gasteiger partial charge in [-0.1, -0.05) is 29.4 Å². The zero-order chi connectivity index (χ0) is 10.5. The van der Waals surface area contributed by atoms with Crippen LogP contribution in [0.5, 0.6) is 0 Å². The van der Waals surface area contributed by atoms with Crippen molar-refractivity contribution < 1.29 is 0 Å². The summed E-state index contributed by atoms with van der Waals surface area (Å²) in [6, 6.07) is 8.17. The van der Waals surface area contributed by atoms with E-state index in [1.165, 1.54) is 5.39 Å². The highest BCUT2D eigenvalue weighted by Crippen LogP contribution is 2.14. The molecular weight excluding hydrogens is 188 g/mol. The van der Waals surface area contributed by atoms with Gasteiger partial charge < -0.3 is 4.98 Å². The molecule has 0 aliphatic rings. The van der Waals surface area contributed by atoms with Crippen LogP contribution < -0.4 is 0 Å². The van der Waals surface area contributed by atoms with Gasteiger partial charge in [0.2, 0.25) is 0 Å². The van der Waals surface area contributed by atoms with Crippen molar-refractivity contribution in [3.8, 4) is 0 Å². The molecule has 1 aromatic heterocycles. The predicted molar refractivity (Wildman–Crippen MR) is 61.3 cm³/mol. The Morgan fingerprint density at radius 1 is 1.40 bits per heavy atom. The van der Waals surface area contributed by atoms with E-state index in [2.05, 4.69) is 27.1 Å². The molecule has 4 heteroatoms. The third-order valence-corrected chi connectivity index (χ3v) is 2.14. The topological polar surface area (TPSA) is 64.6 Å². The van der Waals surface area contributed by atoms with Gasteiger partial charge in [-0.2, -0.15) is 0 Å². The van der Waals surface area contributed by atoms with E-state index in [1.807, 2.05) is 30.5 Å². The number of benzene rings is 1. The van der Waals surface area contributed by atoms with Crippen LogP contribution in [0.25, 0.3) is 27.4 Å². The normalized spacial score (nSPS) is 10.7. The lowest BCUT2D eigenvalue weighted by atomic mass is 10.1. The number of nitrogens with one attached hydrogen (secondary N) is 1. The molecule has 0 atom stereocenters. The number of rotatable bonds is 3. The molecule has 0 radical (unpaired) electrons. The average Bonchev–Trinajstić information content (AvgIpc) is 2.71. The van der Waals surface area contributed by atoms with Crippen LogP contribution in [-0.4, -0.2) is 11.5 Å². The first-order valence-electron chi connectivity index (χ1n) is 4.65. The van der Waals surface area contributed by atoms with E-state index in [0.29, 0.717) is 6.54 Å². The molecule has 0 aliphatic heterocycles. The lowest BCUT2D eigenvalue weighted by molar-refractivity contribution is 1.22. The minimum Gasteiger partial charge on any atom is -0.361 e. The van der Waals surface area contributed by atoms with Gasteiger partial charge in [0.25, 0.3) is 0 Å². The summed E-state index contributed by atoms with van der Waals surface area (Å²) >= 11 is 0. The van der Waals surface area contributed by atoms with Crippen LogP contribution >= 0.6 is 0 Å². The maximum Gasteiger partial charge on any atom is 0.0459 e. The SMILES string of the molecule is [N-]=[N+]=NCC=Cc1ccc2cc[nH]c2c1. The largest absolute Gasteiger partial charge is 0.361 e. The molecule has 4 nitrogen and oxygen atoms in total. The molecule has 15 heavy (non-hydrogen) atoms. The Hall–Kier alpha value is -2.19. The summed E-state index contributed by atoms with van der Waals surface area (Å²) in [5.41, 5.74) is 10.3. The van der Waals surface area contributed by atoms with Crippen LogP contribution in [0.3, 0.4) is 0 Å². The van der Waals surface area contributed by atoms with E-state index in [1.54, 1.807) is 0 Å². The summed E-state index contributed by atoms with van der Waals surface area (Å²) in [7, 11) is 0. The van der Waals surface area contributed by atoms with E-state index in [0.717, 1.165) is 11.1 Å². The minimum absolute atomic E-state index is 0.388. The highest BCUT2D eigenvalue weighted by Gasteiger charge is 1.93. The monoisotopic (exact) mass is 198 g/mol. The fourth-order valence-corrected chi connectivity index (χ4v) is 1.44. The molecule has 0 saturated carbocycles. The molecule has 0 unspecified atom stereocenters. The Labute approximate surface area is 86.9 Å². The molecular formula is C11H10N4. The van der Waals surface area contributed by atoms with Crippen molar-refractivity contribution in [1.29, 1.82) is 0 Å². The molecule has 1 N–H and O–H groups in total. The van der Waals surface area contributed by atoms with Crippen molar-refractivity contribution in [2.75, 3.05) is 6.54 Å². The van der Waals surface area contributed by atoms with E-state index in [-0.39, 0.29) is 0 Å². The number of H-pyrrole nitrogens is 1. The number of hydrogen-bond acceptors (Lipinski definition) is 1. The summed E-state index contributed by atoms with van der Waals surface area (Å²) in [5.74, 6) is 0. The standard InChI is InChI=1S/C11H10N4/c12-15-14-6-1-2-9-3-4-10-5-7-13-11(10)8-9/h1-5,7-8,13H,6H2. The van der Waals surface area contributed by atoms with Crippen molar-refractivity contribution in [3.63, 3.8) is 0 Å². The third kappa shape index (κ3) is 2.18. The van der Waals surface area contributed by atoms with Crippen LogP contribution in [0, 0.1) is 0 Å². The predicted octanol–water partition coefficient (Wildman–Crippen LogP) is 3.49. The second kappa shape index (κ2) is 4.35. The molecule has 0 aliphatic carbocycles. The average molecular weight is 198 g/mol. The highest BCUT2D eigenvalue weighted by atomic mass is 15.1. The zero-order valence-electron chi connectivity index (χ0n) is 8.09. The summed E-state index contributed by atoms with van der Waals surface area (Å²) in [4.78, 5) is 5.82. The first kappa shape index (κ1) is 9.37. The van der Waals surface area contributed by atoms with Crippen LogP contribution in [0.2, 0.25) is 0 Å². The Morgan fingerprint density at radius 3 is 3.20 bits per heavy atom. The van der Waals surface area contributed by atoms with Gasteiger partial charge in [0, 0.05) is 23.2 Å². The molecule has 0 bridgehead atoms. The van der Waals surface area contributed by atoms with Gasteiger partial charge in [-0.3, -0.25) is 0 Å². The first-order valence-corrected chi connectivity index (χ1v) is 4.65. The fraction of sp³-hybridized carbons (Fsp3) is 0.0909. The molecule has 1 aromatic carbocycles. The smallest absolute Gasteiger partial charge is 0.0459 e. The number of fused-ring (bicyclic) bond motifs is 1. The van der Waals surface area contributed by atoms with E-state index < -0.39 is 0 Å². The molecule has 0 fully saturated rings. The van der Waals surface area contributed by atoms with E-state index in [4.69, 9.17) is 5.53 Å². The molecule has 2 aromatic rings. The number of hydrogen-bond donors (Lipinski definition) is 1. The summed E-state index contributed by atoms with van der Waals surface area (Å²) in [6.45, 7) is 0.388. The second-order valence-electron chi connectivity index (χ2n) is 3.14. The number of aromatic nitrogens is 1. The molecule has 0 saturated heterocycles. The number of aromatic amines is 1. The van der Waals surface area contributed by atoms with Gasteiger partial charge in [-0.05, 0) is 28.6 Å². The van der Waals surface area contributed by atoms with Gasteiger partial charge in [0.15, 0.2) is 0 Å². The number of nitrogens with zero attached hydrogens (tertiary/aromatic N) is 3. The molecule has 74 valence electrons. The van der Waals surface area contributed by atoms with Gasteiger partial charge >= 0.3 is 0 Å². The fourth-order valence-electron chi connectivity index (χ4n) is 1.44. The van der Waals surface area contributed by atoms with Crippen molar-refractivity contribution in [2.24, 2.45) is 5.11 Å². The third-order valence-electron chi connectivity index (χ3n) is 2.14. The second-order valence-corrected chi connectivity index (χ2v) is 3.14. The Balaban J connectivity index is 2.20. The van der Waals surface area contributed by atoms with Crippen LogP contribution in [-0.2, 0) is 0 Å². The van der Waals surface area contributed by atoms with Gasteiger partial charge in [0.1, 0.15) is 0 Å². The van der Waals surface area contributed by atoms with Crippen molar-refractivity contribution >= 4 is 17.0 Å². The molecule has 0 spiro atoms. The van der Waals surface area contributed by atoms with Gasteiger partial charge in [-0.25, -0.2) is 0 Å². The summed E-state index contributed by atoms with van der Waals surface area (Å²) < 4.78 is 0. The molecule has 1 heterocycles. The quantitative estimate of drug-likeness (QED) is 0.445. The highest BCUT2D eigenvalue weighted by molar-refractivity contribution is 5.81. The summed E-state index contributed by atoms with van der Waals surface area (Å²) in [6.07, 6.45) is 5.69. The molecule has 0 amide bonds. The van der Waals surface area contributed by atoms with Crippen LogP contribution in [0.15, 0.2) is 41.7 Å². The number of azide groups is 1. The Morgan fingerprint density at radius 2 is 2.33 bits per heavy atom. The maximum atomic E-state index is 8.10. The van der Waals surface area contributed by atoms with Crippen molar-refractivity contribution in [3.05, 3.63) is 52.5 Å². The summed E-state index contributed by atoms with van der Waals surface area (Å²) in [5, 5.41) is 4.62. The van der Waals surface area contributed by atoms with Gasteiger partial charge in [0.05, 0.1) is 0 Å². The Kier molecular flexibility index (Phi) is 2.72. The lowest BCUT2D eigenvalue weighted by Gasteiger charge is -1.93. The van der Waals surface area contributed by atoms with E-state index >= 15 is 0 Å². The zero-order valence-corrected chi connectivity index (χ0v) is 8.09. The van der Waals surface area contributed by atoms with Gasteiger partial charge in [-0.15, -0.1) is 0 Å². The van der Waals surface area contributed by atoms with Crippen LogP contribution in [0.4, 0.5) is 0 Å². The van der Waals surface area contributed by atoms with E-state index in [9.17, 15) is 0 Å². The minimum atomic E-state index is 0.388. The van der Waals surface area contributed by atoms with Crippen LogP contribution in [0.1, 0.15) is 5.56 Å². The lowest BCUT2D eigenvalue weighted by Crippen LogP contribution is -1.74. The Bertz CT molecular complexity index is 532. The first-order chi connectivity index (χ1) is 7.40. The maximum absolute atomic E-state index is 8.10. The van der Waals surface area contributed by atoms with Crippen molar-refractivity contribution in [1.82, 2.24) is 4.98 Å². The molecule has 2 rings (SSSR count). The van der Waals surface area contributed by atoms with Crippen molar-refractivity contribution in [2.45, 2.75) is 0 Å².